The number of hydrogen-bond acceptors (Lipinski definition) is 6. The van der Waals surface area contributed by atoms with Gasteiger partial charge in [0.15, 0.2) is 5.82 Å². The molecule has 35 heavy (non-hydrogen) atoms. The molecule has 0 radical (unpaired) electrons. The van der Waals surface area contributed by atoms with Crippen LogP contribution in [0, 0.1) is 13.8 Å². The lowest BCUT2D eigenvalue weighted by molar-refractivity contribution is 0.0663. The van der Waals surface area contributed by atoms with Crippen LogP contribution < -0.4 is 5.56 Å². The van der Waals surface area contributed by atoms with Gasteiger partial charge < -0.3 is 9.72 Å². The first-order chi connectivity index (χ1) is 17.1. The van der Waals surface area contributed by atoms with Gasteiger partial charge in [-0.05, 0) is 71.7 Å². The summed E-state index contributed by atoms with van der Waals surface area (Å²) in [6, 6.07) is 16.5. The van der Waals surface area contributed by atoms with E-state index in [0.717, 1.165) is 60.3 Å². The van der Waals surface area contributed by atoms with Crippen molar-refractivity contribution < 1.29 is 4.74 Å². The van der Waals surface area contributed by atoms with E-state index in [1.54, 1.807) is 0 Å². The highest BCUT2D eigenvalue weighted by Gasteiger charge is 2.22. The van der Waals surface area contributed by atoms with Gasteiger partial charge in [0.2, 0.25) is 0 Å². The van der Waals surface area contributed by atoms with Crippen LogP contribution in [-0.4, -0.2) is 49.3 Å². The van der Waals surface area contributed by atoms with E-state index in [9.17, 15) is 4.79 Å². The molecule has 2 aromatic carbocycles. The summed E-state index contributed by atoms with van der Waals surface area (Å²) in [6.45, 7) is 7.39. The maximum atomic E-state index is 13.0. The summed E-state index contributed by atoms with van der Waals surface area (Å²) in [5.41, 5.74) is 5.13. The number of ether oxygens (including phenoxy) is 1. The molecule has 8 nitrogen and oxygen atoms in total. The van der Waals surface area contributed by atoms with E-state index in [1.807, 2.05) is 35.9 Å². The van der Waals surface area contributed by atoms with Crippen molar-refractivity contribution in [2.45, 2.75) is 58.8 Å². The Labute approximate surface area is 204 Å². The lowest BCUT2D eigenvalue weighted by atomic mass is 10.0. The predicted molar refractivity (Wildman–Crippen MR) is 135 cm³/mol. The Bertz CT molecular complexity index is 1340. The fraction of sp³-hybridized carbons (Fsp3) is 0.407. The minimum absolute atomic E-state index is 0.0489. The number of pyridine rings is 1. The number of nitrogens with one attached hydrogen (secondary N) is 1. The number of aromatic nitrogens is 5. The zero-order chi connectivity index (χ0) is 24.2. The van der Waals surface area contributed by atoms with Gasteiger partial charge in [0.05, 0.1) is 18.2 Å². The van der Waals surface area contributed by atoms with E-state index < -0.39 is 0 Å². The van der Waals surface area contributed by atoms with Crippen molar-refractivity contribution in [1.82, 2.24) is 30.1 Å². The number of H-pyrrole nitrogens is 1. The molecule has 4 aromatic rings. The van der Waals surface area contributed by atoms with Crippen LogP contribution in [0.2, 0.25) is 0 Å². The van der Waals surface area contributed by atoms with Crippen molar-refractivity contribution >= 4 is 10.9 Å². The van der Waals surface area contributed by atoms with Gasteiger partial charge in [-0.2, -0.15) is 0 Å². The van der Waals surface area contributed by atoms with E-state index in [0.29, 0.717) is 19.6 Å². The maximum absolute atomic E-state index is 13.0. The predicted octanol–water partition coefficient (Wildman–Crippen LogP) is 3.56. The van der Waals surface area contributed by atoms with Crippen molar-refractivity contribution in [3.8, 4) is 0 Å². The number of fused-ring (bicyclic) bond motifs is 1. The zero-order valence-corrected chi connectivity index (χ0v) is 20.4. The van der Waals surface area contributed by atoms with Crippen molar-refractivity contribution in [2.24, 2.45) is 0 Å². The molecular weight excluding hydrogens is 440 g/mol. The molecule has 1 N–H and O–H groups in total. The number of benzene rings is 2. The Morgan fingerprint density at radius 1 is 1.14 bits per heavy atom. The molecule has 1 saturated heterocycles. The first kappa shape index (κ1) is 23.4. The van der Waals surface area contributed by atoms with Crippen LogP contribution in [0.5, 0.6) is 0 Å². The van der Waals surface area contributed by atoms with E-state index in [2.05, 4.69) is 56.6 Å². The number of hydrogen-bond donors (Lipinski definition) is 1. The summed E-state index contributed by atoms with van der Waals surface area (Å²) in [5, 5.41) is 13.5. The molecular formula is C27H32N6O2. The van der Waals surface area contributed by atoms with Crippen LogP contribution in [0.4, 0.5) is 0 Å². The quantitative estimate of drug-likeness (QED) is 0.401. The molecule has 182 valence electrons. The number of aryl methyl sites for hydroxylation is 4. The fourth-order valence-electron chi connectivity index (χ4n) is 4.78. The van der Waals surface area contributed by atoms with E-state index in [1.165, 1.54) is 11.1 Å². The van der Waals surface area contributed by atoms with Gasteiger partial charge in [0.25, 0.3) is 5.56 Å². The molecule has 0 bridgehead atoms. The van der Waals surface area contributed by atoms with Gasteiger partial charge in [-0.15, -0.1) is 5.10 Å². The summed E-state index contributed by atoms with van der Waals surface area (Å²) in [7, 11) is 0. The topological polar surface area (TPSA) is 88.9 Å². The van der Waals surface area contributed by atoms with Crippen LogP contribution in [0.15, 0.2) is 53.3 Å². The highest BCUT2D eigenvalue weighted by Crippen LogP contribution is 2.21. The Hall–Kier alpha value is -3.36. The average molecular weight is 473 g/mol. The van der Waals surface area contributed by atoms with Crippen LogP contribution in [0.3, 0.4) is 0 Å². The first-order valence-corrected chi connectivity index (χ1v) is 12.3. The smallest absolute Gasteiger partial charge is 0.252 e. The lowest BCUT2D eigenvalue weighted by Crippen LogP contribution is -2.34. The third kappa shape index (κ3) is 5.49. The Kier molecular flexibility index (Phi) is 7.01. The van der Waals surface area contributed by atoms with Gasteiger partial charge in [-0.25, -0.2) is 4.68 Å². The van der Waals surface area contributed by atoms with Gasteiger partial charge in [0, 0.05) is 31.8 Å². The normalized spacial score (nSPS) is 15.9. The van der Waals surface area contributed by atoms with Gasteiger partial charge >= 0.3 is 0 Å². The van der Waals surface area contributed by atoms with Gasteiger partial charge in [-0.3, -0.25) is 9.69 Å². The summed E-state index contributed by atoms with van der Waals surface area (Å²) >= 11 is 0. The molecule has 8 heteroatoms. The van der Waals surface area contributed by atoms with Gasteiger partial charge in [0.1, 0.15) is 0 Å². The Morgan fingerprint density at radius 2 is 2.00 bits per heavy atom. The summed E-state index contributed by atoms with van der Waals surface area (Å²) in [5.74, 6) is 0.794. The molecule has 3 heterocycles. The monoisotopic (exact) mass is 472 g/mol. The maximum Gasteiger partial charge on any atom is 0.252 e. The average Bonchev–Trinajstić information content (AvgIpc) is 3.54. The SMILES string of the molecule is Cc1ccc2cc(CN(Cc3nnnn3CCc3ccccc3)C[C@@H]3CCCO3)c(=O)[nH]c2c1C. The van der Waals surface area contributed by atoms with E-state index in [4.69, 9.17) is 4.74 Å². The number of rotatable bonds is 9. The molecule has 1 fully saturated rings. The molecule has 2 aromatic heterocycles. The highest BCUT2D eigenvalue weighted by atomic mass is 16.5. The summed E-state index contributed by atoms with van der Waals surface area (Å²) in [4.78, 5) is 18.4. The van der Waals surface area contributed by atoms with Crippen LogP contribution >= 0.6 is 0 Å². The van der Waals surface area contributed by atoms with Crippen LogP contribution in [-0.2, 0) is 30.8 Å². The second kappa shape index (κ2) is 10.5. The van der Waals surface area contributed by atoms with Crippen molar-refractivity contribution in [1.29, 1.82) is 0 Å². The second-order valence-electron chi connectivity index (χ2n) is 9.45. The molecule has 0 spiro atoms. The van der Waals surface area contributed by atoms with Crippen LogP contribution in [0.25, 0.3) is 10.9 Å². The van der Waals surface area contributed by atoms with Crippen molar-refractivity contribution in [3.05, 3.63) is 87.0 Å². The largest absolute Gasteiger partial charge is 0.377 e. The molecule has 0 aliphatic carbocycles. The molecule has 0 amide bonds. The molecule has 0 saturated carbocycles. The fourth-order valence-corrected chi connectivity index (χ4v) is 4.78. The Balaban J connectivity index is 1.37. The third-order valence-electron chi connectivity index (χ3n) is 6.93. The molecule has 1 atom stereocenters. The number of aromatic amines is 1. The number of nitrogens with zero attached hydrogens (tertiary/aromatic N) is 5. The van der Waals surface area contributed by atoms with Crippen LogP contribution in [0.1, 0.15) is 40.9 Å². The number of tetrazole rings is 1. The summed E-state index contributed by atoms with van der Waals surface area (Å²) < 4.78 is 7.79. The highest BCUT2D eigenvalue weighted by molar-refractivity contribution is 5.83. The third-order valence-corrected chi connectivity index (χ3v) is 6.93. The van der Waals surface area contributed by atoms with E-state index in [-0.39, 0.29) is 11.7 Å². The lowest BCUT2D eigenvalue weighted by Gasteiger charge is -2.24. The summed E-state index contributed by atoms with van der Waals surface area (Å²) in [6.07, 6.45) is 3.12. The minimum atomic E-state index is -0.0489. The van der Waals surface area contributed by atoms with Crippen molar-refractivity contribution in [3.63, 3.8) is 0 Å². The first-order valence-electron chi connectivity index (χ1n) is 12.3. The zero-order valence-electron chi connectivity index (χ0n) is 20.4. The van der Waals surface area contributed by atoms with E-state index >= 15 is 0 Å². The van der Waals surface area contributed by atoms with Gasteiger partial charge in [-0.1, -0.05) is 42.5 Å². The molecule has 5 rings (SSSR count). The minimum Gasteiger partial charge on any atom is -0.377 e. The second-order valence-corrected chi connectivity index (χ2v) is 9.45. The molecule has 0 unspecified atom stereocenters. The molecule has 1 aliphatic heterocycles. The Morgan fingerprint density at radius 3 is 2.80 bits per heavy atom. The molecule has 1 aliphatic rings. The van der Waals surface area contributed by atoms with Crippen molar-refractivity contribution in [2.75, 3.05) is 13.2 Å². The standard InChI is InChI=1S/C27H32N6O2/c1-19-10-11-22-15-23(27(34)28-26(22)20(19)2)16-32(17-24-9-6-14-35-24)18-25-29-30-31-33(25)13-12-21-7-4-3-5-8-21/h3-5,7-8,10-11,15,24H,6,9,12-14,16-18H2,1-2H3,(H,28,34)/t24-/m0/s1.